The highest BCUT2D eigenvalue weighted by molar-refractivity contribution is 7.99. The van der Waals surface area contributed by atoms with Gasteiger partial charge in [-0.05, 0) is 69.4 Å². The van der Waals surface area contributed by atoms with Crippen molar-refractivity contribution in [1.82, 2.24) is 19.9 Å². The van der Waals surface area contributed by atoms with Crippen molar-refractivity contribution in [1.29, 1.82) is 0 Å². The number of aryl methyl sites for hydroxylation is 2. The van der Waals surface area contributed by atoms with Crippen molar-refractivity contribution >= 4 is 45.1 Å². The average Bonchev–Trinajstić information content (AvgIpc) is 3.26. The maximum atomic E-state index is 4.95. The van der Waals surface area contributed by atoms with Gasteiger partial charge < -0.3 is 10.6 Å². The third-order valence-electron chi connectivity index (χ3n) is 6.14. The first kappa shape index (κ1) is 20.9. The Bertz CT molecular complexity index is 1080. The molecule has 0 aliphatic heterocycles. The van der Waals surface area contributed by atoms with Crippen molar-refractivity contribution in [2.75, 3.05) is 22.1 Å². The topological polar surface area (TPSA) is 75.6 Å². The van der Waals surface area contributed by atoms with Crippen molar-refractivity contribution in [2.45, 2.75) is 65.0 Å². The van der Waals surface area contributed by atoms with Crippen LogP contribution in [0.25, 0.3) is 20.8 Å². The van der Waals surface area contributed by atoms with E-state index in [1.54, 1.807) is 11.3 Å². The Balaban J connectivity index is 1.48. The van der Waals surface area contributed by atoms with Gasteiger partial charge in [-0.1, -0.05) is 6.92 Å². The number of aromatic nitrogens is 4. The largest absolute Gasteiger partial charge is 0.367 e. The van der Waals surface area contributed by atoms with Crippen molar-refractivity contribution in [3.05, 3.63) is 23.7 Å². The molecule has 31 heavy (non-hydrogen) atoms. The summed E-state index contributed by atoms with van der Waals surface area (Å²) >= 11 is 3.76. The van der Waals surface area contributed by atoms with Gasteiger partial charge in [0.2, 0.25) is 5.95 Å². The van der Waals surface area contributed by atoms with E-state index >= 15 is 0 Å². The molecular formula is C23H30N6S2. The summed E-state index contributed by atoms with van der Waals surface area (Å²) in [6.07, 6.45) is 7.98. The van der Waals surface area contributed by atoms with Crippen LogP contribution in [-0.2, 0) is 0 Å². The highest BCUT2D eigenvalue weighted by atomic mass is 32.2. The van der Waals surface area contributed by atoms with Gasteiger partial charge in [-0.25, -0.2) is 9.97 Å². The lowest BCUT2D eigenvalue weighted by Gasteiger charge is -2.18. The number of thioether (sulfide) groups is 1. The summed E-state index contributed by atoms with van der Waals surface area (Å²) in [5, 5.41) is 8.25. The first-order valence-electron chi connectivity index (χ1n) is 11.3. The number of anilines is 2. The normalized spacial score (nSPS) is 21.0. The summed E-state index contributed by atoms with van der Waals surface area (Å²) in [6.45, 7) is 6.34. The van der Waals surface area contributed by atoms with E-state index in [4.69, 9.17) is 15.0 Å². The summed E-state index contributed by atoms with van der Waals surface area (Å²) < 4.78 is 1.16. The van der Waals surface area contributed by atoms with E-state index in [2.05, 4.69) is 41.2 Å². The zero-order valence-electron chi connectivity index (χ0n) is 18.4. The van der Waals surface area contributed by atoms with Crippen LogP contribution in [0.3, 0.4) is 0 Å². The Hall–Kier alpha value is -1.93. The van der Waals surface area contributed by atoms with Crippen molar-refractivity contribution in [3.63, 3.8) is 0 Å². The van der Waals surface area contributed by atoms with Crippen molar-refractivity contribution < 1.29 is 0 Å². The van der Waals surface area contributed by atoms with Crippen LogP contribution in [0, 0.1) is 19.8 Å². The predicted molar refractivity (Wildman–Crippen MR) is 132 cm³/mol. The molecule has 2 unspecified atom stereocenters. The molecule has 2 saturated carbocycles. The molecule has 3 aromatic heterocycles. The summed E-state index contributed by atoms with van der Waals surface area (Å²) in [5.41, 5.74) is 3.95. The number of pyridine rings is 1. The quantitative estimate of drug-likeness (QED) is 0.454. The molecule has 2 aliphatic rings. The van der Waals surface area contributed by atoms with E-state index in [-0.39, 0.29) is 0 Å². The molecule has 2 aliphatic carbocycles. The molecule has 0 amide bonds. The lowest BCUT2D eigenvalue weighted by Crippen LogP contribution is -2.19. The van der Waals surface area contributed by atoms with Gasteiger partial charge in [-0.3, -0.25) is 4.98 Å². The standard InChI is InChI=1S/C23H30N6S2/c1-4-30-12-15-5-6-17(11-15)26-21-19(13(2)25-23(29-21)27-16-7-8-16)22-28-20-14(3)24-10-9-18(20)31-22/h9-10,15-17H,4-8,11-12H2,1-3H3,(H2,25,26,27,29). The first-order chi connectivity index (χ1) is 15.1. The van der Waals surface area contributed by atoms with Gasteiger partial charge in [0.25, 0.3) is 0 Å². The van der Waals surface area contributed by atoms with Gasteiger partial charge >= 0.3 is 0 Å². The zero-order chi connectivity index (χ0) is 21.4. The smallest absolute Gasteiger partial charge is 0.225 e. The van der Waals surface area contributed by atoms with Crippen LogP contribution >= 0.6 is 23.1 Å². The highest BCUT2D eigenvalue weighted by Crippen LogP contribution is 2.39. The minimum absolute atomic E-state index is 0.460. The Morgan fingerprint density at radius 2 is 1.87 bits per heavy atom. The molecule has 2 fully saturated rings. The lowest BCUT2D eigenvalue weighted by molar-refractivity contribution is 0.613. The van der Waals surface area contributed by atoms with E-state index < -0.39 is 0 Å². The van der Waals surface area contributed by atoms with Crippen molar-refractivity contribution in [2.24, 2.45) is 5.92 Å². The van der Waals surface area contributed by atoms with Crippen LogP contribution in [-0.4, -0.2) is 43.5 Å². The van der Waals surface area contributed by atoms with E-state index in [1.165, 1.54) is 43.6 Å². The average molecular weight is 455 g/mol. The van der Waals surface area contributed by atoms with Gasteiger partial charge in [-0.15, -0.1) is 11.3 Å². The summed E-state index contributed by atoms with van der Waals surface area (Å²) in [4.78, 5) is 19.1. The summed E-state index contributed by atoms with van der Waals surface area (Å²) in [7, 11) is 0. The minimum atomic E-state index is 0.460. The number of nitrogens with one attached hydrogen (secondary N) is 2. The second kappa shape index (κ2) is 8.90. The molecule has 3 aromatic rings. The Morgan fingerprint density at radius 3 is 2.65 bits per heavy atom. The van der Waals surface area contributed by atoms with Gasteiger partial charge in [0, 0.05) is 18.3 Å². The fourth-order valence-corrected chi connectivity index (χ4v) is 6.31. The SMILES string of the molecule is CCSCC1CCC(Nc2nc(NC3CC3)nc(C)c2-c2nc3c(C)nccc3s2)C1. The van der Waals surface area contributed by atoms with E-state index in [0.717, 1.165) is 49.9 Å². The molecule has 3 heterocycles. The molecule has 2 N–H and O–H groups in total. The summed E-state index contributed by atoms with van der Waals surface area (Å²) in [6, 6.07) is 3.03. The molecule has 0 saturated heterocycles. The minimum Gasteiger partial charge on any atom is -0.367 e. The highest BCUT2D eigenvalue weighted by Gasteiger charge is 2.28. The number of thiazole rings is 1. The van der Waals surface area contributed by atoms with Gasteiger partial charge in [0.15, 0.2) is 0 Å². The van der Waals surface area contributed by atoms with Crippen molar-refractivity contribution in [3.8, 4) is 10.6 Å². The molecule has 0 bridgehead atoms. The third-order valence-corrected chi connectivity index (χ3v) is 8.30. The number of nitrogens with zero attached hydrogens (tertiary/aromatic N) is 4. The zero-order valence-corrected chi connectivity index (χ0v) is 20.1. The third kappa shape index (κ3) is 4.65. The van der Waals surface area contributed by atoms with E-state index in [1.807, 2.05) is 19.2 Å². The van der Waals surface area contributed by atoms with Gasteiger partial charge in [0.05, 0.1) is 21.7 Å². The molecule has 5 rings (SSSR count). The van der Waals surface area contributed by atoms with Crippen LogP contribution in [0.1, 0.15) is 50.4 Å². The number of hydrogen-bond acceptors (Lipinski definition) is 8. The molecule has 8 heteroatoms. The second-order valence-corrected chi connectivity index (χ2v) is 11.1. The maximum absolute atomic E-state index is 4.95. The van der Waals surface area contributed by atoms with Gasteiger partial charge in [-0.2, -0.15) is 16.7 Å². The molecule has 0 aromatic carbocycles. The fraction of sp³-hybridized carbons (Fsp3) is 0.565. The molecule has 164 valence electrons. The van der Waals surface area contributed by atoms with E-state index in [0.29, 0.717) is 12.1 Å². The van der Waals surface area contributed by atoms with Crippen LogP contribution in [0.4, 0.5) is 11.8 Å². The van der Waals surface area contributed by atoms with E-state index in [9.17, 15) is 0 Å². The number of hydrogen-bond donors (Lipinski definition) is 2. The van der Waals surface area contributed by atoms with Crippen LogP contribution in [0.5, 0.6) is 0 Å². The molecule has 0 spiro atoms. The fourth-order valence-electron chi connectivity index (χ4n) is 4.33. The van der Waals surface area contributed by atoms with Gasteiger partial charge in [0.1, 0.15) is 16.3 Å². The Labute approximate surface area is 192 Å². The Kier molecular flexibility index (Phi) is 6.01. The maximum Gasteiger partial charge on any atom is 0.225 e. The number of fused-ring (bicyclic) bond motifs is 1. The summed E-state index contributed by atoms with van der Waals surface area (Å²) in [5.74, 6) is 4.93. The monoisotopic (exact) mass is 454 g/mol. The molecule has 6 nitrogen and oxygen atoms in total. The second-order valence-electron chi connectivity index (χ2n) is 8.72. The first-order valence-corrected chi connectivity index (χ1v) is 13.3. The van der Waals surface area contributed by atoms with Crippen LogP contribution in [0.15, 0.2) is 12.3 Å². The Morgan fingerprint density at radius 1 is 1.03 bits per heavy atom. The molecule has 0 radical (unpaired) electrons. The van der Waals surface area contributed by atoms with Crippen LogP contribution in [0.2, 0.25) is 0 Å². The van der Waals surface area contributed by atoms with Crippen LogP contribution < -0.4 is 10.6 Å². The predicted octanol–water partition coefficient (Wildman–Crippen LogP) is 5.67. The number of rotatable bonds is 8. The lowest BCUT2D eigenvalue weighted by atomic mass is 10.1. The molecule has 2 atom stereocenters. The molecular weight excluding hydrogens is 424 g/mol.